The Kier molecular flexibility index (Phi) is 7.19. The topological polar surface area (TPSA) is 56.8 Å². The molecule has 18 heavy (non-hydrogen) atoms. The van der Waals surface area contributed by atoms with Crippen molar-refractivity contribution in [3.63, 3.8) is 0 Å². The van der Waals surface area contributed by atoms with E-state index in [9.17, 15) is 4.79 Å². The summed E-state index contributed by atoms with van der Waals surface area (Å²) in [5.74, 6) is 0.0463. The van der Waals surface area contributed by atoms with Gasteiger partial charge in [0.1, 0.15) is 0 Å². The number of likely N-dealkylation sites (N-methyl/N-ethyl adjacent to an activating group) is 1. The number of nitrogens with one attached hydrogen (secondary N) is 2. The third kappa shape index (κ3) is 5.77. The molecule has 1 fully saturated rings. The maximum absolute atomic E-state index is 11.8. The van der Waals surface area contributed by atoms with E-state index in [1.165, 1.54) is 0 Å². The summed E-state index contributed by atoms with van der Waals surface area (Å²) in [4.78, 5) is 14.1. The molecule has 1 rings (SSSR count). The monoisotopic (exact) mass is 258 g/mol. The number of hydrazine groups is 1. The fraction of sp³-hybridized carbons (Fsp3) is 0.917. The van der Waals surface area contributed by atoms with E-state index in [1.807, 2.05) is 6.92 Å². The number of nitrogens with zero attached hydrogens (tertiary/aromatic N) is 2. The van der Waals surface area contributed by atoms with Crippen molar-refractivity contribution >= 4 is 5.91 Å². The van der Waals surface area contributed by atoms with Crippen LogP contribution in [0.4, 0.5) is 0 Å². The largest absolute Gasteiger partial charge is 0.385 e. The van der Waals surface area contributed by atoms with Crippen LogP contribution in [-0.2, 0) is 9.53 Å². The summed E-state index contributed by atoms with van der Waals surface area (Å²) in [6, 6.07) is -0.184. The quantitative estimate of drug-likeness (QED) is 0.590. The molecule has 1 amide bonds. The molecule has 0 aromatic rings. The van der Waals surface area contributed by atoms with Crippen LogP contribution in [0.15, 0.2) is 0 Å². The van der Waals surface area contributed by atoms with Gasteiger partial charge in [0.25, 0.3) is 0 Å². The lowest BCUT2D eigenvalue weighted by molar-refractivity contribution is -0.124. The average molecular weight is 258 g/mol. The van der Waals surface area contributed by atoms with E-state index >= 15 is 0 Å². The Bertz CT molecular complexity index is 242. The van der Waals surface area contributed by atoms with Crippen molar-refractivity contribution in [2.45, 2.75) is 19.4 Å². The molecule has 1 saturated heterocycles. The molecule has 1 heterocycles. The number of hydrogen-bond donors (Lipinski definition) is 2. The molecule has 0 bridgehead atoms. The van der Waals surface area contributed by atoms with E-state index in [1.54, 1.807) is 7.11 Å². The van der Waals surface area contributed by atoms with Crippen LogP contribution in [0.25, 0.3) is 0 Å². The summed E-state index contributed by atoms with van der Waals surface area (Å²) in [5, 5.41) is 5.02. The highest BCUT2D eigenvalue weighted by molar-refractivity contribution is 5.81. The first kappa shape index (κ1) is 15.4. The lowest BCUT2D eigenvalue weighted by Crippen LogP contribution is -2.56. The number of piperazine rings is 1. The summed E-state index contributed by atoms with van der Waals surface area (Å²) < 4.78 is 4.94. The molecule has 0 aromatic heterocycles. The smallest absolute Gasteiger partial charge is 0.238 e. The van der Waals surface area contributed by atoms with E-state index in [0.717, 1.165) is 32.6 Å². The normalized spacial score (nSPS) is 19.7. The Labute approximate surface area is 110 Å². The fourth-order valence-corrected chi connectivity index (χ4v) is 1.85. The van der Waals surface area contributed by atoms with Crippen LogP contribution in [0.1, 0.15) is 13.3 Å². The molecule has 0 saturated carbocycles. The van der Waals surface area contributed by atoms with E-state index in [2.05, 4.69) is 27.7 Å². The van der Waals surface area contributed by atoms with Gasteiger partial charge in [-0.1, -0.05) is 0 Å². The van der Waals surface area contributed by atoms with Crippen LogP contribution in [0.5, 0.6) is 0 Å². The van der Waals surface area contributed by atoms with Gasteiger partial charge in [0.2, 0.25) is 5.91 Å². The van der Waals surface area contributed by atoms with Gasteiger partial charge in [0, 0.05) is 46.4 Å². The minimum atomic E-state index is -0.184. The molecular formula is C12H26N4O2. The first-order valence-corrected chi connectivity index (χ1v) is 6.60. The van der Waals surface area contributed by atoms with Crippen LogP contribution < -0.4 is 10.7 Å². The lowest BCUT2D eigenvalue weighted by atomic mass is 10.3. The highest BCUT2D eigenvalue weighted by Crippen LogP contribution is 1.97. The van der Waals surface area contributed by atoms with Gasteiger partial charge in [-0.3, -0.25) is 4.79 Å². The Morgan fingerprint density at radius 3 is 2.61 bits per heavy atom. The number of amides is 1. The van der Waals surface area contributed by atoms with E-state index < -0.39 is 0 Å². The van der Waals surface area contributed by atoms with Crippen molar-refractivity contribution in [1.29, 1.82) is 0 Å². The van der Waals surface area contributed by atoms with Gasteiger partial charge in [0.05, 0.1) is 6.04 Å². The van der Waals surface area contributed by atoms with Crippen LogP contribution in [0.3, 0.4) is 0 Å². The van der Waals surface area contributed by atoms with Crippen LogP contribution in [-0.4, -0.2) is 75.3 Å². The number of carbonyl (C=O) groups excluding carboxylic acids is 1. The SMILES string of the molecule is COCCCNC(=O)C(C)NN1CCN(C)CC1. The Hall–Kier alpha value is -0.690. The molecule has 1 aliphatic rings. The molecule has 2 N–H and O–H groups in total. The first-order valence-electron chi connectivity index (χ1n) is 6.60. The van der Waals surface area contributed by atoms with E-state index in [-0.39, 0.29) is 11.9 Å². The van der Waals surface area contributed by atoms with Crippen LogP contribution >= 0.6 is 0 Å². The molecule has 1 atom stereocenters. The third-order valence-electron chi connectivity index (χ3n) is 3.10. The number of hydrogen-bond acceptors (Lipinski definition) is 5. The minimum absolute atomic E-state index is 0.0463. The van der Waals surface area contributed by atoms with Gasteiger partial charge < -0.3 is 15.0 Å². The molecule has 0 aromatic carbocycles. The summed E-state index contributed by atoms with van der Waals surface area (Å²) >= 11 is 0. The van der Waals surface area contributed by atoms with Gasteiger partial charge >= 0.3 is 0 Å². The second-order valence-corrected chi connectivity index (χ2v) is 4.78. The molecule has 1 aliphatic heterocycles. The summed E-state index contributed by atoms with van der Waals surface area (Å²) in [6.07, 6.45) is 0.851. The Morgan fingerprint density at radius 1 is 1.33 bits per heavy atom. The number of methoxy groups -OCH3 is 1. The summed E-state index contributed by atoms with van der Waals surface area (Å²) in [6.45, 7) is 7.23. The second kappa shape index (κ2) is 8.42. The Balaban J connectivity index is 2.14. The third-order valence-corrected chi connectivity index (χ3v) is 3.10. The van der Waals surface area contributed by atoms with Gasteiger partial charge in [0.15, 0.2) is 0 Å². The number of carbonyl (C=O) groups is 1. The summed E-state index contributed by atoms with van der Waals surface area (Å²) in [5.41, 5.74) is 3.24. The minimum Gasteiger partial charge on any atom is -0.385 e. The van der Waals surface area contributed by atoms with Crippen molar-refractivity contribution in [2.24, 2.45) is 0 Å². The second-order valence-electron chi connectivity index (χ2n) is 4.78. The van der Waals surface area contributed by atoms with E-state index in [4.69, 9.17) is 4.74 Å². The maximum atomic E-state index is 11.8. The molecular weight excluding hydrogens is 232 g/mol. The zero-order valence-electron chi connectivity index (χ0n) is 11.7. The average Bonchev–Trinajstić information content (AvgIpc) is 2.37. The predicted octanol–water partition coefficient (Wildman–Crippen LogP) is -0.720. The summed E-state index contributed by atoms with van der Waals surface area (Å²) in [7, 11) is 3.78. The van der Waals surface area contributed by atoms with E-state index in [0.29, 0.717) is 13.2 Å². The Morgan fingerprint density at radius 2 is 2.00 bits per heavy atom. The zero-order chi connectivity index (χ0) is 13.4. The lowest BCUT2D eigenvalue weighted by Gasteiger charge is -2.34. The standard InChI is InChI=1S/C12H26N4O2/c1-11(12(17)13-5-4-10-18-3)14-16-8-6-15(2)7-9-16/h11,14H,4-10H2,1-3H3,(H,13,17). The van der Waals surface area contributed by atoms with Gasteiger partial charge in [-0.2, -0.15) is 0 Å². The number of rotatable bonds is 7. The fourth-order valence-electron chi connectivity index (χ4n) is 1.85. The molecule has 1 unspecified atom stereocenters. The van der Waals surface area contributed by atoms with Gasteiger partial charge in [-0.15, -0.1) is 0 Å². The maximum Gasteiger partial charge on any atom is 0.238 e. The highest BCUT2D eigenvalue weighted by atomic mass is 16.5. The van der Waals surface area contributed by atoms with Gasteiger partial charge in [-0.25, -0.2) is 10.4 Å². The highest BCUT2D eigenvalue weighted by Gasteiger charge is 2.18. The van der Waals surface area contributed by atoms with Crippen LogP contribution in [0.2, 0.25) is 0 Å². The van der Waals surface area contributed by atoms with Gasteiger partial charge in [-0.05, 0) is 20.4 Å². The molecule has 0 spiro atoms. The molecule has 106 valence electrons. The van der Waals surface area contributed by atoms with Crippen molar-refractivity contribution in [3.8, 4) is 0 Å². The van der Waals surface area contributed by atoms with Crippen molar-refractivity contribution in [2.75, 3.05) is 53.5 Å². The molecule has 0 radical (unpaired) electrons. The zero-order valence-corrected chi connectivity index (χ0v) is 11.7. The predicted molar refractivity (Wildman–Crippen MR) is 71.2 cm³/mol. The van der Waals surface area contributed by atoms with Crippen molar-refractivity contribution in [1.82, 2.24) is 20.7 Å². The number of ether oxygens (including phenoxy) is 1. The van der Waals surface area contributed by atoms with Crippen LogP contribution in [0, 0.1) is 0 Å². The molecule has 6 heteroatoms. The van der Waals surface area contributed by atoms with Crippen molar-refractivity contribution < 1.29 is 9.53 Å². The first-order chi connectivity index (χ1) is 8.63. The van der Waals surface area contributed by atoms with Crippen molar-refractivity contribution in [3.05, 3.63) is 0 Å². The molecule has 0 aliphatic carbocycles. The molecule has 6 nitrogen and oxygen atoms in total.